The van der Waals surface area contributed by atoms with Crippen molar-refractivity contribution >= 4 is 0 Å². The number of aliphatic hydroxyl groups is 1. The average Bonchev–Trinajstić information content (AvgIpc) is 2.34. The smallest absolute Gasteiger partial charge is 0.154 e. The molecule has 0 bridgehead atoms. The van der Waals surface area contributed by atoms with Crippen LogP contribution in [0.15, 0.2) is 12.1 Å². The summed E-state index contributed by atoms with van der Waals surface area (Å²) in [7, 11) is 1.68. The van der Waals surface area contributed by atoms with E-state index in [1.807, 2.05) is 6.92 Å². The van der Waals surface area contributed by atoms with Crippen LogP contribution in [-0.4, -0.2) is 18.5 Å². The van der Waals surface area contributed by atoms with Crippen LogP contribution in [-0.2, 0) is 16.8 Å². The fourth-order valence-corrected chi connectivity index (χ4v) is 2.06. The largest absolute Gasteiger partial charge is 0.496 e. The monoisotopic (exact) mass is 266 g/mol. The summed E-state index contributed by atoms with van der Waals surface area (Å²) in [4.78, 5) is 0. The number of hydrogen-bond acceptors (Lipinski definition) is 3. The van der Waals surface area contributed by atoms with Crippen molar-refractivity contribution in [1.29, 1.82) is 0 Å². The number of ether oxygens (including phenoxy) is 2. The van der Waals surface area contributed by atoms with Gasteiger partial charge < -0.3 is 14.6 Å². The van der Waals surface area contributed by atoms with Crippen LogP contribution < -0.4 is 4.74 Å². The number of methoxy groups -OCH3 is 1. The van der Waals surface area contributed by atoms with Gasteiger partial charge in [0.1, 0.15) is 5.75 Å². The third kappa shape index (κ3) is 4.22. The number of aliphatic hydroxyl groups excluding tert-OH is 1. The molecule has 0 aromatic heterocycles. The van der Waals surface area contributed by atoms with Gasteiger partial charge in [0.2, 0.25) is 0 Å². The highest BCUT2D eigenvalue weighted by Crippen LogP contribution is 2.35. The van der Waals surface area contributed by atoms with Crippen LogP contribution in [0.3, 0.4) is 0 Å². The summed E-state index contributed by atoms with van der Waals surface area (Å²) in [5, 5.41) is 9.52. The molecule has 1 aromatic rings. The Labute approximate surface area is 116 Å². The van der Waals surface area contributed by atoms with E-state index in [4.69, 9.17) is 9.47 Å². The molecular formula is C16H26O3. The maximum Gasteiger partial charge on any atom is 0.154 e. The minimum atomic E-state index is -0.719. The highest BCUT2D eigenvalue weighted by molar-refractivity contribution is 5.47. The fourth-order valence-electron chi connectivity index (χ4n) is 2.06. The van der Waals surface area contributed by atoms with Gasteiger partial charge in [0.25, 0.3) is 0 Å². The van der Waals surface area contributed by atoms with E-state index in [1.54, 1.807) is 7.11 Å². The molecule has 3 heteroatoms. The predicted molar refractivity (Wildman–Crippen MR) is 77.5 cm³/mol. The first-order valence-corrected chi connectivity index (χ1v) is 6.77. The van der Waals surface area contributed by atoms with Gasteiger partial charge in [0, 0.05) is 11.1 Å². The Morgan fingerprint density at radius 3 is 2.37 bits per heavy atom. The van der Waals surface area contributed by atoms with Crippen LogP contribution in [0.25, 0.3) is 0 Å². The van der Waals surface area contributed by atoms with Crippen molar-refractivity contribution in [3.05, 3.63) is 28.8 Å². The van der Waals surface area contributed by atoms with Gasteiger partial charge in [0.15, 0.2) is 6.29 Å². The summed E-state index contributed by atoms with van der Waals surface area (Å²) in [6, 6.07) is 4.20. The number of rotatable bonds is 5. The zero-order valence-electron chi connectivity index (χ0n) is 12.9. The molecule has 0 aliphatic carbocycles. The minimum absolute atomic E-state index is 0.00941. The van der Waals surface area contributed by atoms with E-state index in [0.29, 0.717) is 13.0 Å². The normalized spacial score (nSPS) is 13.4. The molecule has 0 aliphatic rings. The highest BCUT2D eigenvalue weighted by Gasteiger charge is 2.22. The molecule has 1 aromatic carbocycles. The van der Waals surface area contributed by atoms with Gasteiger partial charge in [-0.25, -0.2) is 0 Å². The summed E-state index contributed by atoms with van der Waals surface area (Å²) in [5.41, 5.74) is 3.34. The van der Waals surface area contributed by atoms with E-state index in [2.05, 4.69) is 39.8 Å². The van der Waals surface area contributed by atoms with Gasteiger partial charge in [0.05, 0.1) is 13.7 Å². The Bertz CT molecular complexity index is 419. The molecule has 1 atom stereocenters. The van der Waals surface area contributed by atoms with Crippen LogP contribution in [0.1, 0.15) is 50.8 Å². The number of aryl methyl sites for hydroxylation is 1. The molecule has 0 amide bonds. The fraction of sp³-hybridized carbons (Fsp3) is 0.625. The molecular weight excluding hydrogens is 240 g/mol. The van der Waals surface area contributed by atoms with Crippen LogP contribution in [0.5, 0.6) is 5.75 Å². The Balaban J connectivity index is 3.13. The molecule has 0 radical (unpaired) electrons. The second kappa shape index (κ2) is 6.40. The van der Waals surface area contributed by atoms with Gasteiger partial charge in [-0.1, -0.05) is 45.4 Å². The first-order chi connectivity index (χ1) is 8.79. The van der Waals surface area contributed by atoms with E-state index >= 15 is 0 Å². The quantitative estimate of drug-likeness (QED) is 0.828. The molecule has 1 rings (SSSR count). The van der Waals surface area contributed by atoms with Crippen molar-refractivity contribution in [3.63, 3.8) is 0 Å². The lowest BCUT2D eigenvalue weighted by Gasteiger charge is -2.25. The Hall–Kier alpha value is -1.06. The van der Waals surface area contributed by atoms with E-state index in [9.17, 15) is 5.11 Å². The molecule has 0 aliphatic heterocycles. The van der Waals surface area contributed by atoms with Gasteiger partial charge in [-0.3, -0.25) is 0 Å². The van der Waals surface area contributed by atoms with Crippen LogP contribution in [0.2, 0.25) is 0 Å². The molecule has 0 saturated carbocycles. The summed E-state index contributed by atoms with van der Waals surface area (Å²) >= 11 is 0. The lowest BCUT2D eigenvalue weighted by molar-refractivity contribution is -0.109. The van der Waals surface area contributed by atoms with Crippen molar-refractivity contribution in [2.24, 2.45) is 0 Å². The topological polar surface area (TPSA) is 38.7 Å². The molecule has 0 fully saturated rings. The van der Waals surface area contributed by atoms with Crippen LogP contribution in [0.4, 0.5) is 0 Å². The average molecular weight is 266 g/mol. The lowest BCUT2D eigenvalue weighted by Crippen LogP contribution is -2.16. The molecule has 0 heterocycles. The van der Waals surface area contributed by atoms with Crippen molar-refractivity contribution in [2.75, 3.05) is 7.11 Å². The third-order valence-corrected chi connectivity index (χ3v) is 3.10. The summed E-state index contributed by atoms with van der Waals surface area (Å²) in [6.07, 6.45) is -0.136. The first kappa shape index (κ1) is 16.0. The predicted octanol–water partition coefficient (Wildman–Crippen LogP) is 3.55. The highest BCUT2D eigenvalue weighted by atomic mass is 16.6. The second-order valence-corrected chi connectivity index (χ2v) is 5.93. The Morgan fingerprint density at radius 2 is 1.89 bits per heavy atom. The van der Waals surface area contributed by atoms with Crippen molar-refractivity contribution in [1.82, 2.24) is 0 Å². The number of benzene rings is 1. The first-order valence-electron chi connectivity index (χ1n) is 6.77. The Kier molecular flexibility index (Phi) is 5.39. The maximum atomic E-state index is 9.52. The molecule has 0 spiro atoms. The van der Waals surface area contributed by atoms with Gasteiger partial charge >= 0.3 is 0 Å². The third-order valence-electron chi connectivity index (χ3n) is 3.10. The maximum absolute atomic E-state index is 9.52. The summed E-state index contributed by atoms with van der Waals surface area (Å²) in [6.45, 7) is 10.8. The number of hydrogen-bond donors (Lipinski definition) is 1. The van der Waals surface area contributed by atoms with Gasteiger partial charge in [-0.15, -0.1) is 0 Å². The van der Waals surface area contributed by atoms with Gasteiger partial charge in [-0.05, 0) is 18.8 Å². The molecule has 108 valence electrons. The molecule has 0 saturated heterocycles. The molecule has 19 heavy (non-hydrogen) atoms. The van der Waals surface area contributed by atoms with Crippen LogP contribution >= 0.6 is 0 Å². The molecule has 3 nitrogen and oxygen atoms in total. The SMILES string of the molecule is CCC(O)OCc1cc(C)cc(C(C)(C)C)c1OC. The molecule has 1 N–H and O–H groups in total. The standard InChI is InChI=1S/C16H26O3/c1-7-14(17)19-10-12-8-11(2)9-13(15(12)18-6)16(3,4)5/h8-9,14,17H,7,10H2,1-6H3. The summed E-state index contributed by atoms with van der Waals surface area (Å²) in [5.74, 6) is 0.862. The van der Waals surface area contributed by atoms with E-state index in [-0.39, 0.29) is 5.41 Å². The van der Waals surface area contributed by atoms with Crippen LogP contribution in [0, 0.1) is 6.92 Å². The Morgan fingerprint density at radius 1 is 1.26 bits per heavy atom. The zero-order valence-corrected chi connectivity index (χ0v) is 12.9. The summed E-state index contributed by atoms with van der Waals surface area (Å²) < 4.78 is 11.0. The zero-order chi connectivity index (χ0) is 14.6. The minimum Gasteiger partial charge on any atom is -0.496 e. The van der Waals surface area contributed by atoms with Crippen molar-refractivity contribution in [2.45, 2.75) is 59.4 Å². The lowest BCUT2D eigenvalue weighted by atomic mass is 9.84. The van der Waals surface area contributed by atoms with E-state index in [1.165, 1.54) is 11.1 Å². The van der Waals surface area contributed by atoms with Gasteiger partial charge in [-0.2, -0.15) is 0 Å². The second-order valence-electron chi connectivity index (χ2n) is 5.93. The van der Waals surface area contributed by atoms with Crippen molar-refractivity contribution in [3.8, 4) is 5.75 Å². The van der Waals surface area contributed by atoms with Crippen molar-refractivity contribution < 1.29 is 14.6 Å². The van der Waals surface area contributed by atoms with E-state index < -0.39 is 6.29 Å². The van der Waals surface area contributed by atoms with E-state index in [0.717, 1.165) is 11.3 Å². The molecule has 1 unspecified atom stereocenters.